The Labute approximate surface area is 86.7 Å². The molecule has 6 nitrogen and oxygen atoms in total. The number of esters is 1. The lowest BCUT2D eigenvalue weighted by Gasteiger charge is -2.41. The van der Waals surface area contributed by atoms with Crippen LogP contribution < -0.4 is 0 Å². The number of rotatable bonds is 1. The van der Waals surface area contributed by atoms with Gasteiger partial charge < -0.3 is 24.4 Å². The van der Waals surface area contributed by atoms with Gasteiger partial charge in [-0.1, -0.05) is 0 Å². The smallest absolute Gasteiger partial charge is 0.303 e. The van der Waals surface area contributed by atoms with E-state index in [0.717, 1.165) is 0 Å². The summed E-state index contributed by atoms with van der Waals surface area (Å²) in [5.41, 5.74) is -1.56. The largest absolute Gasteiger partial charge is 0.457 e. The van der Waals surface area contributed by atoms with Crippen LogP contribution >= 0.6 is 0 Å². The summed E-state index contributed by atoms with van der Waals surface area (Å²) in [6.07, 6.45) is -3.44. The maximum atomic E-state index is 10.8. The van der Waals surface area contributed by atoms with E-state index in [1.165, 1.54) is 13.8 Å². The SMILES string of the molecule is CC(=O)O[C@@H]1[C@@H](O)[C@@](C)(O)[C@@H]2OC[C@H]1O2. The van der Waals surface area contributed by atoms with Gasteiger partial charge in [0.15, 0.2) is 12.4 Å². The summed E-state index contributed by atoms with van der Waals surface area (Å²) >= 11 is 0. The minimum atomic E-state index is -1.56. The first-order chi connectivity index (χ1) is 6.93. The number of carbonyl (C=O) groups is 1. The average Bonchev–Trinajstić information content (AvgIpc) is 2.57. The van der Waals surface area contributed by atoms with Crippen LogP contribution in [0.15, 0.2) is 0 Å². The summed E-state index contributed by atoms with van der Waals surface area (Å²) in [5, 5.41) is 19.8. The molecule has 0 saturated carbocycles. The second-order valence-electron chi connectivity index (χ2n) is 4.08. The molecule has 0 aliphatic carbocycles. The maximum Gasteiger partial charge on any atom is 0.303 e. The molecule has 0 aromatic heterocycles. The molecule has 2 saturated heterocycles. The van der Waals surface area contributed by atoms with Crippen LogP contribution in [0.3, 0.4) is 0 Å². The highest BCUT2D eigenvalue weighted by atomic mass is 16.8. The van der Waals surface area contributed by atoms with Crippen LogP contribution in [0.4, 0.5) is 0 Å². The Bertz CT molecular complexity index is 276. The fourth-order valence-electron chi connectivity index (χ4n) is 1.91. The average molecular weight is 218 g/mol. The highest BCUT2D eigenvalue weighted by Crippen LogP contribution is 2.36. The summed E-state index contributed by atoms with van der Waals surface area (Å²) in [4.78, 5) is 10.8. The fraction of sp³-hybridized carbons (Fsp3) is 0.889. The first-order valence-corrected chi connectivity index (χ1v) is 4.77. The number of hydrogen-bond donors (Lipinski definition) is 2. The van der Waals surface area contributed by atoms with Crippen molar-refractivity contribution in [2.45, 2.75) is 44.1 Å². The quantitative estimate of drug-likeness (QED) is 0.537. The van der Waals surface area contributed by atoms with E-state index in [0.29, 0.717) is 0 Å². The number of hydrogen-bond acceptors (Lipinski definition) is 6. The minimum Gasteiger partial charge on any atom is -0.457 e. The van der Waals surface area contributed by atoms with E-state index in [4.69, 9.17) is 14.2 Å². The molecule has 0 aromatic rings. The van der Waals surface area contributed by atoms with E-state index in [1.54, 1.807) is 0 Å². The Morgan fingerprint density at radius 2 is 2.27 bits per heavy atom. The van der Waals surface area contributed by atoms with Crippen molar-refractivity contribution in [1.29, 1.82) is 0 Å². The Morgan fingerprint density at radius 1 is 1.60 bits per heavy atom. The number of aliphatic hydroxyl groups is 2. The third-order valence-electron chi connectivity index (χ3n) is 2.77. The third-order valence-corrected chi connectivity index (χ3v) is 2.77. The lowest BCUT2D eigenvalue weighted by Crippen LogP contribution is -2.62. The van der Waals surface area contributed by atoms with Crippen LogP contribution in [-0.4, -0.2) is 53.0 Å². The molecule has 2 rings (SSSR count). The summed E-state index contributed by atoms with van der Waals surface area (Å²) in [7, 11) is 0. The second-order valence-corrected chi connectivity index (χ2v) is 4.08. The molecule has 0 aromatic carbocycles. The van der Waals surface area contributed by atoms with Gasteiger partial charge in [-0.05, 0) is 6.92 Å². The van der Waals surface area contributed by atoms with Crippen LogP contribution in [0.1, 0.15) is 13.8 Å². The minimum absolute atomic E-state index is 0.204. The van der Waals surface area contributed by atoms with Crippen LogP contribution in [-0.2, 0) is 19.0 Å². The van der Waals surface area contributed by atoms with Gasteiger partial charge in [-0.2, -0.15) is 0 Å². The van der Waals surface area contributed by atoms with Crippen molar-refractivity contribution >= 4 is 5.97 Å². The van der Waals surface area contributed by atoms with E-state index in [2.05, 4.69) is 0 Å². The lowest BCUT2D eigenvalue weighted by atomic mass is 9.89. The van der Waals surface area contributed by atoms with Crippen molar-refractivity contribution in [1.82, 2.24) is 0 Å². The molecule has 86 valence electrons. The summed E-state index contributed by atoms with van der Waals surface area (Å²) < 4.78 is 15.4. The molecule has 15 heavy (non-hydrogen) atoms. The Balaban J connectivity index is 2.20. The first-order valence-electron chi connectivity index (χ1n) is 4.77. The highest BCUT2D eigenvalue weighted by molar-refractivity contribution is 5.66. The lowest BCUT2D eigenvalue weighted by molar-refractivity contribution is -0.277. The van der Waals surface area contributed by atoms with Crippen molar-refractivity contribution in [3.63, 3.8) is 0 Å². The molecule has 2 bridgehead atoms. The van der Waals surface area contributed by atoms with E-state index in [1.807, 2.05) is 0 Å². The maximum absolute atomic E-state index is 10.8. The van der Waals surface area contributed by atoms with Crippen molar-refractivity contribution < 1.29 is 29.2 Å². The standard InChI is InChI=1S/C9H14O6/c1-4(10)14-6-5-3-13-8(15-5)9(2,12)7(6)11/h5-8,11-12H,3H2,1-2H3/t5-,6+,7-,8-,9-/m1/s1. The van der Waals surface area contributed by atoms with Gasteiger partial charge in [0.25, 0.3) is 0 Å². The first kappa shape index (κ1) is 10.8. The molecule has 2 aliphatic heterocycles. The number of ether oxygens (including phenoxy) is 3. The van der Waals surface area contributed by atoms with Gasteiger partial charge in [0.05, 0.1) is 6.61 Å². The van der Waals surface area contributed by atoms with Crippen molar-refractivity contribution in [3.05, 3.63) is 0 Å². The summed E-state index contributed by atoms with van der Waals surface area (Å²) in [6, 6.07) is 0. The second kappa shape index (κ2) is 3.41. The van der Waals surface area contributed by atoms with Crippen molar-refractivity contribution in [2.24, 2.45) is 0 Å². The molecule has 2 aliphatic rings. The molecule has 2 N–H and O–H groups in total. The van der Waals surface area contributed by atoms with Gasteiger partial charge in [0.2, 0.25) is 0 Å². The molecule has 0 spiro atoms. The monoisotopic (exact) mass is 218 g/mol. The molecule has 5 atom stereocenters. The Hall–Kier alpha value is -0.690. The zero-order valence-corrected chi connectivity index (χ0v) is 8.54. The van der Waals surface area contributed by atoms with Crippen LogP contribution in [0.2, 0.25) is 0 Å². The summed E-state index contributed by atoms with van der Waals surface area (Å²) in [6.45, 7) is 2.83. The van der Waals surface area contributed by atoms with Gasteiger partial charge in [0.1, 0.15) is 17.8 Å². The van der Waals surface area contributed by atoms with Crippen LogP contribution in [0, 0.1) is 0 Å². The van der Waals surface area contributed by atoms with Gasteiger partial charge in [-0.25, -0.2) is 0 Å². The number of carbonyl (C=O) groups excluding carboxylic acids is 1. The predicted molar refractivity (Wildman–Crippen MR) is 46.8 cm³/mol. The van der Waals surface area contributed by atoms with Gasteiger partial charge in [-0.15, -0.1) is 0 Å². The molecule has 2 fully saturated rings. The zero-order chi connectivity index (χ0) is 11.2. The van der Waals surface area contributed by atoms with Crippen LogP contribution in [0.25, 0.3) is 0 Å². The highest BCUT2D eigenvalue weighted by Gasteiger charge is 2.58. The predicted octanol–water partition coefficient (Wildman–Crippen LogP) is -1.21. The molecule has 6 heteroatoms. The van der Waals surface area contributed by atoms with E-state index in [9.17, 15) is 15.0 Å². The topological polar surface area (TPSA) is 85.2 Å². The molecule has 0 unspecified atom stereocenters. The number of fused-ring (bicyclic) bond motifs is 2. The van der Waals surface area contributed by atoms with Crippen molar-refractivity contribution in [3.8, 4) is 0 Å². The summed E-state index contributed by atoms with van der Waals surface area (Å²) in [5.74, 6) is -0.524. The van der Waals surface area contributed by atoms with E-state index < -0.39 is 36.2 Å². The van der Waals surface area contributed by atoms with Gasteiger partial charge in [0, 0.05) is 6.92 Å². The molecule has 0 radical (unpaired) electrons. The van der Waals surface area contributed by atoms with Gasteiger partial charge in [-0.3, -0.25) is 4.79 Å². The van der Waals surface area contributed by atoms with E-state index in [-0.39, 0.29) is 6.61 Å². The third kappa shape index (κ3) is 1.63. The Morgan fingerprint density at radius 3 is 2.87 bits per heavy atom. The normalized spacial score (nSPS) is 49.1. The fourth-order valence-corrected chi connectivity index (χ4v) is 1.91. The van der Waals surface area contributed by atoms with Crippen LogP contribution in [0.5, 0.6) is 0 Å². The molecular formula is C9H14O6. The zero-order valence-electron chi connectivity index (χ0n) is 8.54. The molecular weight excluding hydrogens is 204 g/mol. The Kier molecular flexibility index (Phi) is 2.46. The van der Waals surface area contributed by atoms with Crippen molar-refractivity contribution in [2.75, 3.05) is 6.61 Å². The number of aliphatic hydroxyl groups excluding tert-OH is 1. The molecule has 2 heterocycles. The molecule has 0 amide bonds. The van der Waals surface area contributed by atoms with Gasteiger partial charge >= 0.3 is 5.97 Å². The van der Waals surface area contributed by atoms with E-state index >= 15 is 0 Å².